The van der Waals surface area contributed by atoms with Crippen molar-refractivity contribution in [3.05, 3.63) is 35.4 Å². The monoisotopic (exact) mass is 424 g/mol. The van der Waals surface area contributed by atoms with Gasteiger partial charge in [0, 0.05) is 5.56 Å². The van der Waals surface area contributed by atoms with Crippen molar-refractivity contribution in [3.63, 3.8) is 0 Å². The molecule has 2 saturated carbocycles. The number of hydrogen-bond donors (Lipinski definition) is 3. The largest absolute Gasteiger partial charge is 0.504 e. The van der Waals surface area contributed by atoms with Gasteiger partial charge in [-0.1, -0.05) is 32.9 Å². The molecule has 0 unspecified atom stereocenters. The fourth-order valence-corrected chi connectivity index (χ4v) is 6.24. The van der Waals surface area contributed by atoms with Gasteiger partial charge in [-0.25, -0.2) is 0 Å². The van der Waals surface area contributed by atoms with Gasteiger partial charge in [0.15, 0.2) is 11.5 Å². The molecule has 162 valence electrons. The van der Waals surface area contributed by atoms with Crippen molar-refractivity contribution in [2.75, 3.05) is 0 Å². The number of phenolic OH excluding ortho intramolecular Hbond substituents is 1. The molecular weight excluding hydrogens is 392 g/mol. The van der Waals surface area contributed by atoms with E-state index in [1.54, 1.807) is 6.07 Å². The topological polar surface area (TPSA) is 104 Å². The van der Waals surface area contributed by atoms with Gasteiger partial charge in [0.2, 0.25) is 0 Å². The molecule has 29 heavy (non-hydrogen) atoms. The highest BCUT2D eigenvalue weighted by Gasteiger charge is 2.54. The number of aliphatic hydroxyl groups excluding tert-OH is 1. The molecule has 1 aromatic carbocycles. The number of phenols is 1. The Balaban J connectivity index is 2.09. The molecule has 1 aromatic rings. The van der Waals surface area contributed by atoms with Crippen LogP contribution in [0.15, 0.2) is 24.3 Å². The summed E-state index contributed by atoms with van der Waals surface area (Å²) in [5.41, 5.74) is 2.06. The van der Waals surface area contributed by atoms with Crippen LogP contribution in [-0.4, -0.2) is 23.2 Å². The van der Waals surface area contributed by atoms with Crippen molar-refractivity contribution < 1.29 is 27.4 Å². The summed E-state index contributed by atoms with van der Waals surface area (Å²) in [7, 11) is -4.80. The molecule has 4 atom stereocenters. The zero-order chi connectivity index (χ0) is 21.6. The number of benzene rings is 1. The van der Waals surface area contributed by atoms with E-state index >= 15 is 0 Å². The lowest BCUT2D eigenvalue weighted by molar-refractivity contribution is -0.0490. The zero-order valence-corrected chi connectivity index (χ0v) is 18.3. The molecule has 0 amide bonds. The number of aliphatic hydroxyl groups is 1. The molecule has 3 N–H and O–H groups in total. The van der Waals surface area contributed by atoms with E-state index in [4.69, 9.17) is 4.18 Å². The van der Waals surface area contributed by atoms with Crippen LogP contribution in [0.1, 0.15) is 64.0 Å². The molecule has 3 rings (SSSR count). The molecule has 0 aliphatic heterocycles. The Kier molecular flexibility index (Phi) is 5.80. The normalized spacial score (nSPS) is 32.7. The number of fused-ring (bicyclic) bond motifs is 1. The number of aromatic hydroxyl groups is 1. The minimum absolute atomic E-state index is 0.0280. The van der Waals surface area contributed by atoms with Gasteiger partial charge in [-0.2, -0.15) is 8.42 Å². The first-order valence-corrected chi connectivity index (χ1v) is 11.6. The summed E-state index contributed by atoms with van der Waals surface area (Å²) >= 11 is 0. The molecule has 7 heteroatoms. The van der Waals surface area contributed by atoms with E-state index < -0.39 is 16.1 Å². The summed E-state index contributed by atoms with van der Waals surface area (Å²) in [5.74, 6) is 0.0515. The second-order valence-electron chi connectivity index (χ2n) is 9.36. The maximum Gasteiger partial charge on any atom is 0.446 e. The van der Waals surface area contributed by atoms with Crippen LogP contribution in [0.25, 0.3) is 0 Å². The maximum absolute atomic E-state index is 11.4. The average molecular weight is 425 g/mol. The summed E-state index contributed by atoms with van der Waals surface area (Å²) in [6.07, 6.45) is 5.77. The van der Waals surface area contributed by atoms with E-state index in [1.165, 1.54) is 11.6 Å². The van der Waals surface area contributed by atoms with E-state index in [9.17, 15) is 23.2 Å². The van der Waals surface area contributed by atoms with Crippen LogP contribution in [0.3, 0.4) is 0 Å². The molecule has 0 heterocycles. The number of rotatable bonds is 5. The molecule has 6 nitrogen and oxygen atoms in total. The Hall–Kier alpha value is -1.57. The van der Waals surface area contributed by atoms with Crippen molar-refractivity contribution in [3.8, 4) is 11.5 Å². The second kappa shape index (κ2) is 7.60. The van der Waals surface area contributed by atoms with Gasteiger partial charge < -0.3 is 14.4 Å². The third-order valence-electron chi connectivity index (χ3n) is 7.72. The van der Waals surface area contributed by atoms with Crippen LogP contribution in [-0.2, 0) is 23.4 Å². The van der Waals surface area contributed by atoms with E-state index in [-0.39, 0.29) is 23.2 Å². The Morgan fingerprint density at radius 1 is 1.28 bits per heavy atom. The Bertz CT molecular complexity index is 908. The highest BCUT2D eigenvalue weighted by atomic mass is 32.3. The molecule has 0 radical (unpaired) electrons. The molecule has 0 bridgehead atoms. The summed E-state index contributed by atoms with van der Waals surface area (Å²) in [6.45, 7) is 10.8. The number of allylic oxidation sites excluding steroid dienone is 1. The van der Waals surface area contributed by atoms with Crippen molar-refractivity contribution in [1.29, 1.82) is 0 Å². The van der Waals surface area contributed by atoms with Crippen LogP contribution in [0.2, 0.25) is 0 Å². The molecule has 2 fully saturated rings. The van der Waals surface area contributed by atoms with E-state index in [2.05, 4.69) is 27.4 Å². The van der Waals surface area contributed by atoms with Gasteiger partial charge in [0.05, 0.1) is 6.61 Å². The highest BCUT2D eigenvalue weighted by molar-refractivity contribution is 7.81. The Morgan fingerprint density at radius 2 is 1.97 bits per heavy atom. The molecule has 2 aliphatic rings. The summed E-state index contributed by atoms with van der Waals surface area (Å²) < 4.78 is 36.7. The van der Waals surface area contributed by atoms with Crippen LogP contribution in [0, 0.1) is 22.7 Å². The second-order valence-corrected chi connectivity index (χ2v) is 10.4. The summed E-state index contributed by atoms with van der Waals surface area (Å²) in [5, 5.41) is 19.9. The van der Waals surface area contributed by atoms with Crippen LogP contribution in [0.5, 0.6) is 11.5 Å². The average Bonchev–Trinajstić information content (AvgIpc) is 2.62. The fraction of sp³-hybridized carbons (Fsp3) is 0.636. The maximum atomic E-state index is 11.4. The van der Waals surface area contributed by atoms with Crippen molar-refractivity contribution in [1.82, 2.24) is 0 Å². The molecule has 2 aliphatic carbocycles. The fourth-order valence-electron chi connectivity index (χ4n) is 5.84. The smallest absolute Gasteiger partial charge is 0.446 e. The van der Waals surface area contributed by atoms with E-state index in [0.29, 0.717) is 29.4 Å². The molecular formula is C22H32O6S. The lowest BCUT2D eigenvalue weighted by atomic mass is 9.46. The van der Waals surface area contributed by atoms with Gasteiger partial charge in [0.1, 0.15) is 0 Å². The van der Waals surface area contributed by atoms with Crippen molar-refractivity contribution in [2.24, 2.45) is 22.7 Å². The first kappa shape index (κ1) is 22.1. The standard InChI is InChI=1S/C22H32O6S/c1-14-6-5-7-19-21(14,3)9-8-15(2)22(19,4)12-17-10-16(13-23)11-18(24)20(17)28-29(25,26)27/h10-11,15,19,23-24H,1,5-9,12-13H2,2-4H3,(H,25,26,27)/t15-,19+,21+,22+/m0/s1. The van der Waals surface area contributed by atoms with Crippen LogP contribution in [0.4, 0.5) is 0 Å². The summed E-state index contributed by atoms with van der Waals surface area (Å²) in [6, 6.07) is 2.91. The zero-order valence-electron chi connectivity index (χ0n) is 17.4. The van der Waals surface area contributed by atoms with Crippen LogP contribution >= 0.6 is 0 Å². The lowest BCUT2D eigenvalue weighted by Gasteiger charge is -2.59. The highest BCUT2D eigenvalue weighted by Crippen LogP contribution is 2.62. The van der Waals surface area contributed by atoms with Crippen molar-refractivity contribution in [2.45, 2.75) is 65.9 Å². The van der Waals surface area contributed by atoms with Crippen LogP contribution < -0.4 is 4.18 Å². The Labute approximate surface area is 173 Å². The molecule has 0 saturated heterocycles. The predicted molar refractivity (Wildman–Crippen MR) is 111 cm³/mol. The quantitative estimate of drug-likeness (QED) is 0.478. The summed E-state index contributed by atoms with van der Waals surface area (Å²) in [4.78, 5) is 0. The van der Waals surface area contributed by atoms with Gasteiger partial charge in [-0.15, -0.1) is 0 Å². The Morgan fingerprint density at radius 3 is 2.59 bits per heavy atom. The molecule has 0 aromatic heterocycles. The minimum Gasteiger partial charge on any atom is -0.504 e. The first-order chi connectivity index (χ1) is 13.4. The number of hydrogen-bond acceptors (Lipinski definition) is 5. The van der Waals surface area contributed by atoms with Gasteiger partial charge in [-0.3, -0.25) is 4.55 Å². The van der Waals surface area contributed by atoms with Gasteiger partial charge in [0.25, 0.3) is 0 Å². The third-order valence-corrected chi connectivity index (χ3v) is 8.09. The molecule has 0 spiro atoms. The third kappa shape index (κ3) is 4.05. The van der Waals surface area contributed by atoms with Gasteiger partial charge in [-0.05, 0) is 78.9 Å². The first-order valence-electron chi connectivity index (χ1n) is 10.2. The van der Waals surface area contributed by atoms with E-state index in [1.807, 2.05) is 0 Å². The van der Waals surface area contributed by atoms with Gasteiger partial charge >= 0.3 is 10.4 Å². The minimum atomic E-state index is -4.80. The SMILES string of the molecule is C=C1CCC[C@H]2[C@](C)(Cc3cc(CO)cc(O)c3OS(=O)(=O)O)[C@@H](C)CC[C@]12C. The predicted octanol–water partition coefficient (Wildman–Crippen LogP) is 4.41. The lowest BCUT2D eigenvalue weighted by Crippen LogP contribution is -2.51. The van der Waals surface area contributed by atoms with Crippen molar-refractivity contribution >= 4 is 10.4 Å². The van der Waals surface area contributed by atoms with E-state index in [0.717, 1.165) is 32.1 Å².